The molecule has 0 spiro atoms. The fourth-order valence-electron chi connectivity index (χ4n) is 1.80. The lowest BCUT2D eigenvalue weighted by atomic mass is 10.1. The molecule has 4 heteroatoms. The van der Waals surface area contributed by atoms with E-state index in [2.05, 4.69) is 17.1 Å². The maximum Gasteiger partial charge on any atom is 0.0667 e. The van der Waals surface area contributed by atoms with Crippen LogP contribution in [0.2, 0.25) is 0 Å². The van der Waals surface area contributed by atoms with E-state index in [1.807, 2.05) is 0 Å². The Morgan fingerprint density at radius 2 is 2.13 bits per heavy atom. The van der Waals surface area contributed by atoms with Crippen molar-refractivity contribution in [2.45, 2.75) is 31.9 Å². The molecule has 0 aromatic carbocycles. The van der Waals surface area contributed by atoms with E-state index < -0.39 is 0 Å². The Morgan fingerprint density at radius 3 is 2.73 bits per heavy atom. The number of nitrogens with two attached hydrogens (primary N) is 1. The third-order valence-electron chi connectivity index (χ3n) is 3.07. The average Bonchev–Trinajstić information content (AvgIpc) is 2.26. The van der Waals surface area contributed by atoms with Crippen LogP contribution in [0.4, 0.5) is 0 Å². The van der Waals surface area contributed by atoms with Gasteiger partial charge >= 0.3 is 0 Å². The summed E-state index contributed by atoms with van der Waals surface area (Å²) in [6, 6.07) is 0.433. The molecular weight excluding hydrogens is 190 g/mol. The average molecular weight is 215 g/mol. The predicted octanol–water partition coefficient (Wildman–Crippen LogP) is 0.0340. The summed E-state index contributed by atoms with van der Waals surface area (Å²) in [7, 11) is 1.75. The van der Waals surface area contributed by atoms with E-state index >= 15 is 0 Å². The Morgan fingerprint density at radius 1 is 1.47 bits per heavy atom. The van der Waals surface area contributed by atoms with Crippen LogP contribution in [0.3, 0.4) is 0 Å². The minimum atomic E-state index is 0.305. The summed E-state index contributed by atoms with van der Waals surface area (Å²) in [6.45, 7) is 7.49. The SMILES string of the molecule is COC(C)CNCCN1CCC(N)CC1. The summed E-state index contributed by atoms with van der Waals surface area (Å²) >= 11 is 0. The van der Waals surface area contributed by atoms with Crippen LogP contribution in [0, 0.1) is 0 Å². The Bertz CT molecular complexity index is 158. The fourth-order valence-corrected chi connectivity index (χ4v) is 1.80. The summed E-state index contributed by atoms with van der Waals surface area (Å²) in [6.07, 6.45) is 2.60. The van der Waals surface area contributed by atoms with Crippen molar-refractivity contribution >= 4 is 0 Å². The van der Waals surface area contributed by atoms with Crippen molar-refractivity contribution in [3.63, 3.8) is 0 Å². The number of hydrogen-bond acceptors (Lipinski definition) is 4. The third-order valence-corrected chi connectivity index (χ3v) is 3.07. The van der Waals surface area contributed by atoms with Gasteiger partial charge in [0.2, 0.25) is 0 Å². The molecule has 3 N–H and O–H groups in total. The molecule has 0 amide bonds. The molecule has 1 atom stereocenters. The monoisotopic (exact) mass is 215 g/mol. The lowest BCUT2D eigenvalue weighted by Gasteiger charge is -2.30. The molecular formula is C11H25N3O. The smallest absolute Gasteiger partial charge is 0.0667 e. The largest absolute Gasteiger partial charge is 0.380 e. The number of piperidine rings is 1. The molecule has 1 aliphatic heterocycles. The maximum absolute atomic E-state index is 5.85. The fraction of sp³-hybridized carbons (Fsp3) is 1.00. The highest BCUT2D eigenvalue weighted by Crippen LogP contribution is 2.06. The van der Waals surface area contributed by atoms with Crippen molar-refractivity contribution in [3.05, 3.63) is 0 Å². The first-order valence-electron chi connectivity index (χ1n) is 5.94. The van der Waals surface area contributed by atoms with Gasteiger partial charge in [0.25, 0.3) is 0 Å². The number of nitrogens with one attached hydrogen (secondary N) is 1. The first-order chi connectivity index (χ1) is 7.22. The zero-order valence-corrected chi connectivity index (χ0v) is 10.0. The van der Waals surface area contributed by atoms with E-state index in [1.165, 1.54) is 0 Å². The van der Waals surface area contributed by atoms with Gasteiger partial charge in [-0.2, -0.15) is 0 Å². The number of methoxy groups -OCH3 is 1. The van der Waals surface area contributed by atoms with Crippen LogP contribution >= 0.6 is 0 Å². The van der Waals surface area contributed by atoms with Gasteiger partial charge in [-0.05, 0) is 32.9 Å². The number of ether oxygens (including phenoxy) is 1. The Hall–Kier alpha value is -0.160. The lowest BCUT2D eigenvalue weighted by molar-refractivity contribution is 0.115. The zero-order chi connectivity index (χ0) is 11.1. The van der Waals surface area contributed by atoms with Gasteiger partial charge in [-0.15, -0.1) is 0 Å². The Kier molecular flexibility index (Phi) is 6.17. The molecule has 4 nitrogen and oxygen atoms in total. The van der Waals surface area contributed by atoms with E-state index in [0.717, 1.165) is 45.6 Å². The van der Waals surface area contributed by atoms with Crippen molar-refractivity contribution < 1.29 is 4.74 Å². The normalized spacial score (nSPS) is 21.8. The standard InChI is InChI=1S/C11H25N3O/c1-10(15-2)9-13-5-8-14-6-3-11(12)4-7-14/h10-11,13H,3-9,12H2,1-2H3. The van der Waals surface area contributed by atoms with E-state index in [-0.39, 0.29) is 0 Å². The topological polar surface area (TPSA) is 50.5 Å². The molecule has 1 unspecified atom stereocenters. The van der Waals surface area contributed by atoms with Gasteiger partial charge in [-0.25, -0.2) is 0 Å². The van der Waals surface area contributed by atoms with Crippen LogP contribution in [-0.4, -0.2) is 56.9 Å². The molecule has 0 saturated carbocycles. The minimum absolute atomic E-state index is 0.305. The molecule has 1 heterocycles. The number of likely N-dealkylation sites (tertiary alicyclic amines) is 1. The number of rotatable bonds is 6. The molecule has 0 aromatic rings. The van der Waals surface area contributed by atoms with E-state index in [9.17, 15) is 0 Å². The molecule has 0 radical (unpaired) electrons. The molecule has 0 aromatic heterocycles. The summed E-state index contributed by atoms with van der Waals surface area (Å²) < 4.78 is 5.16. The third kappa shape index (κ3) is 5.47. The van der Waals surface area contributed by atoms with Gasteiger partial charge in [0.05, 0.1) is 6.10 Å². The van der Waals surface area contributed by atoms with Crippen molar-refractivity contribution in [2.24, 2.45) is 5.73 Å². The Labute approximate surface area is 93.1 Å². The van der Waals surface area contributed by atoms with E-state index in [4.69, 9.17) is 10.5 Å². The number of nitrogens with zero attached hydrogens (tertiary/aromatic N) is 1. The molecule has 15 heavy (non-hydrogen) atoms. The van der Waals surface area contributed by atoms with E-state index in [1.54, 1.807) is 7.11 Å². The van der Waals surface area contributed by atoms with Gasteiger partial charge in [0.1, 0.15) is 0 Å². The number of hydrogen-bond donors (Lipinski definition) is 2. The van der Waals surface area contributed by atoms with Gasteiger partial charge < -0.3 is 20.7 Å². The second-order valence-electron chi connectivity index (χ2n) is 4.43. The van der Waals surface area contributed by atoms with E-state index in [0.29, 0.717) is 12.1 Å². The molecule has 1 aliphatic rings. The molecule has 1 rings (SSSR count). The van der Waals surface area contributed by atoms with Gasteiger partial charge in [0, 0.05) is 32.8 Å². The molecule has 0 bridgehead atoms. The predicted molar refractivity (Wildman–Crippen MR) is 63.0 cm³/mol. The van der Waals surface area contributed by atoms with Crippen molar-refractivity contribution in [3.8, 4) is 0 Å². The zero-order valence-electron chi connectivity index (χ0n) is 10.0. The highest BCUT2D eigenvalue weighted by molar-refractivity contribution is 4.74. The highest BCUT2D eigenvalue weighted by Gasteiger charge is 2.14. The first kappa shape index (κ1) is 12.9. The van der Waals surface area contributed by atoms with Gasteiger partial charge in [0.15, 0.2) is 0 Å². The molecule has 1 saturated heterocycles. The maximum atomic E-state index is 5.85. The summed E-state index contributed by atoms with van der Waals surface area (Å²) in [4.78, 5) is 2.48. The first-order valence-corrected chi connectivity index (χ1v) is 5.94. The summed E-state index contributed by atoms with van der Waals surface area (Å²) in [5.74, 6) is 0. The van der Waals surface area contributed by atoms with Crippen LogP contribution < -0.4 is 11.1 Å². The minimum Gasteiger partial charge on any atom is -0.380 e. The van der Waals surface area contributed by atoms with Crippen molar-refractivity contribution in [2.75, 3.05) is 39.8 Å². The van der Waals surface area contributed by atoms with Crippen LogP contribution in [0.5, 0.6) is 0 Å². The summed E-state index contributed by atoms with van der Waals surface area (Å²) in [5, 5.41) is 3.40. The lowest BCUT2D eigenvalue weighted by Crippen LogP contribution is -2.43. The van der Waals surface area contributed by atoms with Crippen molar-refractivity contribution in [1.29, 1.82) is 0 Å². The molecule has 90 valence electrons. The second kappa shape index (κ2) is 7.17. The molecule has 0 aliphatic carbocycles. The Balaban J connectivity index is 1.96. The van der Waals surface area contributed by atoms with Crippen molar-refractivity contribution in [1.82, 2.24) is 10.2 Å². The van der Waals surface area contributed by atoms with Crippen LogP contribution in [-0.2, 0) is 4.74 Å². The van der Waals surface area contributed by atoms with Gasteiger partial charge in [-0.1, -0.05) is 0 Å². The highest BCUT2D eigenvalue weighted by atomic mass is 16.5. The van der Waals surface area contributed by atoms with Crippen LogP contribution in [0.25, 0.3) is 0 Å². The van der Waals surface area contributed by atoms with Crippen LogP contribution in [0.1, 0.15) is 19.8 Å². The van der Waals surface area contributed by atoms with Crippen LogP contribution in [0.15, 0.2) is 0 Å². The van der Waals surface area contributed by atoms with Gasteiger partial charge in [-0.3, -0.25) is 0 Å². The summed E-state index contributed by atoms with van der Waals surface area (Å²) in [5.41, 5.74) is 5.85. The molecule has 1 fully saturated rings. The second-order valence-corrected chi connectivity index (χ2v) is 4.43. The quantitative estimate of drug-likeness (QED) is 0.614.